The number of hydrogen-bond donors (Lipinski definition) is 0. The van der Waals surface area contributed by atoms with Gasteiger partial charge in [0.05, 0.1) is 48.0 Å². The van der Waals surface area contributed by atoms with Crippen LogP contribution in [0.2, 0.25) is 0 Å². The second kappa shape index (κ2) is 27.3. The van der Waals surface area contributed by atoms with Crippen LogP contribution in [0.25, 0.3) is 66.8 Å². The minimum absolute atomic E-state index is 0. The summed E-state index contributed by atoms with van der Waals surface area (Å²) in [6.45, 7) is 0. The number of aromatic nitrogens is 6. The van der Waals surface area contributed by atoms with Gasteiger partial charge in [0.15, 0.2) is 0 Å². The van der Waals surface area contributed by atoms with Crippen LogP contribution < -0.4 is 9.47 Å². The van der Waals surface area contributed by atoms with E-state index in [9.17, 15) is 34.5 Å². The molecule has 0 aliphatic carbocycles. The van der Waals surface area contributed by atoms with Crippen LogP contribution in [0.5, 0.6) is 11.5 Å². The monoisotopic (exact) mass is 1020 g/mol. The molecular formula is C46H40B2F8N6O4Ru. The number of benzene rings is 3. The molecule has 9 rings (SSSR count). The third kappa shape index (κ3) is 19.0. The Morgan fingerprint density at radius 3 is 0.851 bits per heavy atom. The molecule has 0 atom stereocenters. The van der Waals surface area contributed by atoms with E-state index in [-0.39, 0.29) is 30.4 Å². The van der Waals surface area contributed by atoms with Gasteiger partial charge < -0.3 is 55.0 Å². The predicted octanol–water partition coefficient (Wildman–Crippen LogP) is 11.4. The number of fused-ring (bicyclic) bond motifs is 3. The Balaban J connectivity index is 0.000000345. The van der Waals surface area contributed by atoms with Crippen molar-refractivity contribution in [3.8, 4) is 56.5 Å². The van der Waals surface area contributed by atoms with Crippen molar-refractivity contribution in [3.05, 3.63) is 183 Å². The van der Waals surface area contributed by atoms with Crippen LogP contribution in [0.1, 0.15) is 0 Å². The summed E-state index contributed by atoms with van der Waals surface area (Å²) in [6.07, 6.45) is 10.9. The number of rotatable bonds is 6. The van der Waals surface area contributed by atoms with E-state index in [0.717, 1.165) is 78.3 Å². The van der Waals surface area contributed by atoms with Gasteiger partial charge in [-0.25, -0.2) is 0 Å². The molecule has 348 valence electrons. The summed E-state index contributed by atoms with van der Waals surface area (Å²) >= 11 is 0. The quantitative estimate of drug-likeness (QED) is 0.0904. The van der Waals surface area contributed by atoms with E-state index in [0.29, 0.717) is 0 Å². The molecule has 0 aliphatic heterocycles. The van der Waals surface area contributed by atoms with Gasteiger partial charge in [-0.2, -0.15) is 0 Å². The molecule has 6 aromatic heterocycles. The van der Waals surface area contributed by atoms with Crippen LogP contribution in [0.15, 0.2) is 183 Å². The van der Waals surface area contributed by atoms with E-state index in [1.165, 1.54) is 0 Å². The van der Waals surface area contributed by atoms with E-state index in [4.69, 9.17) is 19.4 Å². The Hall–Kier alpha value is -7.21. The smallest absolute Gasteiger partial charge is 0.497 e. The number of methoxy groups -OCH3 is 2. The molecule has 0 spiro atoms. The predicted molar refractivity (Wildman–Crippen MR) is 244 cm³/mol. The SMILES string of the molecule is COc1ccc(-c2cnc3c(ccc4cc(-c5ccc(OC)cc5)cnc43)c2)cc1.F[B-](F)(F)F.F[B-](F)(F)F.O.O.[Ru+2].c1ccc(-c2ccccn2)nc1.c1ccc(-c2ccccn2)nc1. The molecule has 0 fully saturated rings. The number of ether oxygens (including phenoxy) is 2. The van der Waals surface area contributed by atoms with Crippen LogP contribution in [-0.4, -0.2) is 69.6 Å². The fraction of sp³-hybridized carbons (Fsp3) is 0.0435. The van der Waals surface area contributed by atoms with Gasteiger partial charge in [-0.15, -0.1) is 0 Å². The van der Waals surface area contributed by atoms with Crippen LogP contribution in [0, 0.1) is 0 Å². The van der Waals surface area contributed by atoms with Gasteiger partial charge in [0.1, 0.15) is 11.5 Å². The van der Waals surface area contributed by atoms with Gasteiger partial charge in [0.2, 0.25) is 0 Å². The average molecular weight is 1020 g/mol. The number of nitrogens with zero attached hydrogens (tertiary/aromatic N) is 6. The average Bonchev–Trinajstić information content (AvgIpc) is 3.32. The van der Waals surface area contributed by atoms with Crippen molar-refractivity contribution in [2.45, 2.75) is 0 Å². The van der Waals surface area contributed by atoms with Gasteiger partial charge in [0, 0.05) is 59.1 Å². The Kier molecular flexibility index (Phi) is 22.8. The molecule has 21 heteroatoms. The fourth-order valence-electron chi connectivity index (χ4n) is 5.73. The summed E-state index contributed by atoms with van der Waals surface area (Å²) in [5.74, 6) is 1.69. The van der Waals surface area contributed by atoms with Crippen molar-refractivity contribution in [3.63, 3.8) is 0 Å². The maximum atomic E-state index is 9.75. The van der Waals surface area contributed by atoms with Crippen molar-refractivity contribution in [1.29, 1.82) is 0 Å². The zero-order chi connectivity index (χ0) is 46.0. The Bertz CT molecular complexity index is 2520. The summed E-state index contributed by atoms with van der Waals surface area (Å²) < 4.78 is 88.5. The Morgan fingerprint density at radius 1 is 0.358 bits per heavy atom. The molecule has 0 unspecified atom stereocenters. The third-order valence-corrected chi connectivity index (χ3v) is 8.53. The van der Waals surface area contributed by atoms with Crippen molar-refractivity contribution in [2.24, 2.45) is 0 Å². The first-order chi connectivity index (χ1) is 30.7. The molecule has 4 N–H and O–H groups in total. The van der Waals surface area contributed by atoms with E-state index < -0.39 is 14.5 Å². The van der Waals surface area contributed by atoms with E-state index in [1.807, 2.05) is 134 Å². The van der Waals surface area contributed by atoms with E-state index >= 15 is 0 Å². The molecule has 0 saturated carbocycles. The standard InChI is InChI=1S/C26H20N2O2.2C10H8N2.2BF4.2H2O.Ru/c1-29-23-9-5-17(6-10-23)21-13-19-3-4-20-14-22(16-28-26(20)25(19)27-15-21)18-7-11-24(30-2)12-8-18;2*1-3-7-11-9(5-1)10-6-2-4-8-12-10;2*2-1(3,4)5;;;/h3-16H,1-2H3;2*1-8H;;;2*1H2;/q;;;2*-1;;;+2. The number of pyridine rings is 6. The van der Waals surface area contributed by atoms with E-state index in [1.54, 1.807) is 39.0 Å². The zero-order valence-electron chi connectivity index (χ0n) is 35.4. The molecule has 3 aromatic carbocycles. The Labute approximate surface area is 392 Å². The summed E-state index contributed by atoms with van der Waals surface area (Å²) in [7, 11) is -8.66. The second-order valence-electron chi connectivity index (χ2n) is 13.0. The molecule has 6 heterocycles. The zero-order valence-corrected chi connectivity index (χ0v) is 37.1. The van der Waals surface area contributed by atoms with Gasteiger partial charge >= 0.3 is 34.0 Å². The van der Waals surface area contributed by atoms with Crippen LogP contribution in [-0.2, 0) is 19.5 Å². The molecule has 0 saturated heterocycles. The van der Waals surface area contributed by atoms with Gasteiger partial charge in [-0.1, -0.05) is 60.7 Å². The maximum Gasteiger partial charge on any atom is 2.00 e. The summed E-state index contributed by atoms with van der Waals surface area (Å²) in [5.41, 5.74) is 9.82. The first kappa shape index (κ1) is 55.9. The number of hydrogen-bond acceptors (Lipinski definition) is 8. The van der Waals surface area contributed by atoms with Gasteiger partial charge in [-0.05, 0) is 96.1 Å². The summed E-state index contributed by atoms with van der Waals surface area (Å²) in [6, 6.07) is 47.7. The van der Waals surface area contributed by atoms with Crippen LogP contribution in [0.3, 0.4) is 0 Å². The molecule has 0 bridgehead atoms. The summed E-state index contributed by atoms with van der Waals surface area (Å²) in [5, 5.41) is 2.14. The third-order valence-electron chi connectivity index (χ3n) is 8.53. The van der Waals surface area contributed by atoms with Crippen molar-refractivity contribution in [2.75, 3.05) is 14.2 Å². The molecule has 9 aromatic rings. The maximum absolute atomic E-state index is 9.75. The molecule has 0 aliphatic rings. The first-order valence-electron chi connectivity index (χ1n) is 19.1. The molecular weight excluding hydrogens is 975 g/mol. The fourth-order valence-corrected chi connectivity index (χ4v) is 5.73. The molecule has 0 amide bonds. The van der Waals surface area contributed by atoms with E-state index in [2.05, 4.69) is 44.2 Å². The van der Waals surface area contributed by atoms with Crippen LogP contribution in [0.4, 0.5) is 34.5 Å². The minimum Gasteiger partial charge on any atom is -0.497 e. The van der Waals surface area contributed by atoms with Crippen molar-refractivity contribution < 1.29 is 74.4 Å². The largest absolute Gasteiger partial charge is 2.00 e. The Morgan fingerprint density at radius 2 is 0.627 bits per heavy atom. The second-order valence-corrected chi connectivity index (χ2v) is 13.0. The topological polar surface area (TPSA) is 159 Å². The van der Waals surface area contributed by atoms with Gasteiger partial charge in [-0.3, -0.25) is 29.9 Å². The molecule has 67 heavy (non-hydrogen) atoms. The molecule has 10 nitrogen and oxygen atoms in total. The van der Waals surface area contributed by atoms with Crippen molar-refractivity contribution in [1.82, 2.24) is 29.9 Å². The first-order valence-corrected chi connectivity index (χ1v) is 19.1. The number of halogens is 8. The summed E-state index contributed by atoms with van der Waals surface area (Å²) in [4.78, 5) is 26.2. The molecule has 0 radical (unpaired) electrons. The van der Waals surface area contributed by atoms with Gasteiger partial charge in [0.25, 0.3) is 0 Å². The van der Waals surface area contributed by atoms with Crippen LogP contribution >= 0.6 is 0 Å². The minimum atomic E-state index is -6.00. The van der Waals surface area contributed by atoms with Crippen molar-refractivity contribution >= 4 is 36.3 Å². The normalized spacial score (nSPS) is 10.2.